The van der Waals surface area contributed by atoms with Gasteiger partial charge >= 0.3 is 0 Å². The minimum Gasteiger partial charge on any atom is -0.491 e. The van der Waals surface area contributed by atoms with Gasteiger partial charge < -0.3 is 24.6 Å². The van der Waals surface area contributed by atoms with Crippen molar-refractivity contribution in [3.63, 3.8) is 0 Å². The van der Waals surface area contributed by atoms with Crippen LogP contribution in [0.4, 0.5) is 5.69 Å². The highest BCUT2D eigenvalue weighted by molar-refractivity contribution is 5.99. The molecule has 3 rings (SSSR count). The van der Waals surface area contributed by atoms with Gasteiger partial charge in [0.2, 0.25) is 11.8 Å². The maximum Gasteiger partial charge on any atom is 0.257 e. The van der Waals surface area contributed by atoms with E-state index in [0.717, 1.165) is 25.7 Å². The van der Waals surface area contributed by atoms with Crippen molar-refractivity contribution in [1.29, 1.82) is 0 Å². The number of fused-ring (bicyclic) bond motifs is 1. The summed E-state index contributed by atoms with van der Waals surface area (Å²) in [6, 6.07) is 4.90. The Hall–Kier alpha value is -2.61. The molecule has 1 aromatic rings. The van der Waals surface area contributed by atoms with E-state index in [1.165, 1.54) is 13.3 Å². The predicted octanol–water partition coefficient (Wildman–Crippen LogP) is 3.56. The number of carbonyl (C=O) groups excluding carboxylic acids is 3. The van der Waals surface area contributed by atoms with Crippen LogP contribution < -0.4 is 10.1 Å². The highest BCUT2D eigenvalue weighted by Crippen LogP contribution is 2.29. The molecule has 3 amide bonds. The van der Waals surface area contributed by atoms with Crippen LogP contribution in [-0.4, -0.2) is 73.5 Å². The Labute approximate surface area is 202 Å². The normalized spacial score (nSPS) is 25.0. The van der Waals surface area contributed by atoms with Crippen molar-refractivity contribution >= 4 is 23.4 Å². The fourth-order valence-electron chi connectivity index (χ4n) is 4.95. The third-order valence-corrected chi connectivity index (χ3v) is 7.00. The van der Waals surface area contributed by atoms with Gasteiger partial charge in [0, 0.05) is 51.7 Å². The Morgan fingerprint density at radius 2 is 1.82 bits per heavy atom. The molecule has 8 heteroatoms. The zero-order valence-corrected chi connectivity index (χ0v) is 21.1. The molecule has 1 aliphatic carbocycles. The first-order valence-electron chi connectivity index (χ1n) is 12.3. The van der Waals surface area contributed by atoms with Gasteiger partial charge in [-0.05, 0) is 38.0 Å². The Morgan fingerprint density at radius 3 is 2.47 bits per heavy atom. The van der Waals surface area contributed by atoms with Crippen molar-refractivity contribution < 1.29 is 23.9 Å². The molecule has 8 nitrogen and oxygen atoms in total. The van der Waals surface area contributed by atoms with E-state index < -0.39 is 0 Å². The minimum atomic E-state index is -0.231. The summed E-state index contributed by atoms with van der Waals surface area (Å²) in [6.07, 6.45) is 5.05. The molecule has 188 valence electrons. The lowest BCUT2D eigenvalue weighted by Gasteiger charge is -2.38. The number of carbonyl (C=O) groups is 3. The molecule has 1 aromatic carbocycles. The van der Waals surface area contributed by atoms with Crippen molar-refractivity contribution in [1.82, 2.24) is 9.80 Å². The lowest BCUT2D eigenvalue weighted by atomic mass is 9.87. The van der Waals surface area contributed by atoms with Gasteiger partial charge in [-0.1, -0.05) is 26.2 Å². The molecular weight excluding hydrogens is 434 g/mol. The summed E-state index contributed by atoms with van der Waals surface area (Å²) in [6.45, 7) is 6.69. The molecule has 1 N–H and O–H groups in total. The van der Waals surface area contributed by atoms with E-state index in [-0.39, 0.29) is 48.3 Å². The summed E-state index contributed by atoms with van der Waals surface area (Å²) < 4.78 is 11.9. The Morgan fingerprint density at radius 1 is 1.12 bits per heavy atom. The van der Waals surface area contributed by atoms with Crippen molar-refractivity contribution in [2.45, 2.75) is 65.0 Å². The van der Waals surface area contributed by atoms with Gasteiger partial charge in [0.1, 0.15) is 12.4 Å². The molecule has 1 aliphatic heterocycles. The number of ether oxygens (including phenoxy) is 2. The van der Waals surface area contributed by atoms with Gasteiger partial charge in [-0.15, -0.1) is 0 Å². The molecule has 1 fully saturated rings. The molecule has 3 atom stereocenters. The molecular formula is C26H39N3O5. The maximum atomic E-state index is 13.6. The summed E-state index contributed by atoms with van der Waals surface area (Å²) in [4.78, 5) is 42.0. The van der Waals surface area contributed by atoms with Gasteiger partial charge in [-0.2, -0.15) is 0 Å². The summed E-state index contributed by atoms with van der Waals surface area (Å²) in [5.74, 6) is 0.299. The van der Waals surface area contributed by atoms with E-state index in [0.29, 0.717) is 30.1 Å². The topological polar surface area (TPSA) is 88.2 Å². The first-order chi connectivity index (χ1) is 16.2. The van der Waals surface area contributed by atoms with Gasteiger partial charge in [0.15, 0.2) is 0 Å². The monoisotopic (exact) mass is 473 g/mol. The van der Waals surface area contributed by atoms with Crippen LogP contribution in [0.5, 0.6) is 5.75 Å². The fraction of sp³-hybridized carbons (Fsp3) is 0.654. The molecule has 0 saturated heterocycles. The Balaban J connectivity index is 1.94. The Bertz CT molecular complexity index is 883. The Kier molecular flexibility index (Phi) is 8.94. The largest absolute Gasteiger partial charge is 0.491 e. The van der Waals surface area contributed by atoms with E-state index in [1.807, 2.05) is 11.8 Å². The maximum absolute atomic E-state index is 13.6. The van der Waals surface area contributed by atoms with Crippen LogP contribution in [0, 0.1) is 11.8 Å². The second-order valence-corrected chi connectivity index (χ2v) is 9.81. The van der Waals surface area contributed by atoms with Crippen LogP contribution in [-0.2, 0) is 14.3 Å². The molecule has 1 saturated carbocycles. The minimum absolute atomic E-state index is 0.0276. The summed E-state index contributed by atoms with van der Waals surface area (Å²) in [5, 5.41) is 2.73. The number of amides is 3. The van der Waals surface area contributed by atoms with Crippen LogP contribution in [0.3, 0.4) is 0 Å². The smallest absolute Gasteiger partial charge is 0.257 e. The van der Waals surface area contributed by atoms with Crippen molar-refractivity contribution in [2.24, 2.45) is 11.8 Å². The SMILES string of the molecule is CO[C@H]1CN(C)C(=O)c2cc(NC(C)=O)ccc2OC[C@@H](C)N(C(=O)C2CCCCC2)C[C@H]1C. The standard InChI is InChI=1S/C26H39N3O5/c1-17-14-29(25(31)20-9-7-6-8-10-20)18(2)16-34-23-12-11-21(27-19(3)30)13-22(23)26(32)28(4)15-24(17)33-5/h11-13,17-18,20,24H,6-10,14-16H2,1-5H3,(H,27,30)/t17-,18-,24+/m1/s1. The number of nitrogens with zero attached hydrogens (tertiary/aromatic N) is 2. The molecule has 0 spiro atoms. The number of hydrogen-bond donors (Lipinski definition) is 1. The van der Waals surface area contributed by atoms with Crippen molar-refractivity contribution in [3.05, 3.63) is 23.8 Å². The number of methoxy groups -OCH3 is 1. The highest BCUT2D eigenvalue weighted by atomic mass is 16.5. The van der Waals surface area contributed by atoms with E-state index in [4.69, 9.17) is 9.47 Å². The average molecular weight is 474 g/mol. The van der Waals surface area contributed by atoms with Gasteiger partial charge in [0.25, 0.3) is 5.91 Å². The number of likely N-dealkylation sites (N-methyl/N-ethyl adjacent to an activating group) is 1. The lowest BCUT2D eigenvalue weighted by molar-refractivity contribution is -0.141. The van der Waals surface area contributed by atoms with Crippen LogP contribution in [0.15, 0.2) is 18.2 Å². The van der Waals surface area contributed by atoms with Crippen molar-refractivity contribution in [2.75, 3.05) is 39.2 Å². The van der Waals surface area contributed by atoms with E-state index in [2.05, 4.69) is 12.2 Å². The van der Waals surface area contributed by atoms with Crippen LogP contribution in [0.25, 0.3) is 0 Å². The molecule has 0 radical (unpaired) electrons. The second kappa shape index (κ2) is 11.7. The molecule has 2 aliphatic rings. The number of anilines is 1. The zero-order valence-electron chi connectivity index (χ0n) is 21.1. The number of hydrogen-bond acceptors (Lipinski definition) is 5. The van der Waals surface area contributed by atoms with E-state index >= 15 is 0 Å². The number of nitrogens with one attached hydrogen (secondary N) is 1. The molecule has 0 aromatic heterocycles. The quantitative estimate of drug-likeness (QED) is 0.725. The van der Waals surface area contributed by atoms with Gasteiger partial charge in [0.05, 0.1) is 17.7 Å². The summed E-state index contributed by atoms with van der Waals surface area (Å²) in [7, 11) is 3.38. The molecule has 1 heterocycles. The third-order valence-electron chi connectivity index (χ3n) is 7.00. The van der Waals surface area contributed by atoms with E-state index in [9.17, 15) is 14.4 Å². The fourth-order valence-corrected chi connectivity index (χ4v) is 4.95. The van der Waals surface area contributed by atoms with Gasteiger partial charge in [-0.25, -0.2) is 0 Å². The van der Waals surface area contributed by atoms with Crippen LogP contribution in [0.2, 0.25) is 0 Å². The zero-order chi connectivity index (χ0) is 24.8. The average Bonchev–Trinajstić information content (AvgIpc) is 2.83. The van der Waals surface area contributed by atoms with Crippen molar-refractivity contribution in [3.8, 4) is 5.75 Å². The van der Waals surface area contributed by atoms with Crippen LogP contribution >= 0.6 is 0 Å². The van der Waals surface area contributed by atoms with Crippen LogP contribution in [0.1, 0.15) is 63.2 Å². The molecule has 0 bridgehead atoms. The summed E-state index contributed by atoms with van der Waals surface area (Å²) >= 11 is 0. The van der Waals surface area contributed by atoms with Gasteiger partial charge in [-0.3, -0.25) is 14.4 Å². The summed E-state index contributed by atoms with van der Waals surface area (Å²) in [5.41, 5.74) is 0.900. The third kappa shape index (κ3) is 6.29. The first-order valence-corrected chi connectivity index (χ1v) is 12.3. The molecule has 34 heavy (non-hydrogen) atoms. The predicted molar refractivity (Wildman–Crippen MR) is 131 cm³/mol. The number of benzene rings is 1. The second-order valence-electron chi connectivity index (χ2n) is 9.81. The lowest BCUT2D eigenvalue weighted by Crippen LogP contribution is -2.50. The number of rotatable bonds is 3. The first kappa shape index (κ1) is 26.0. The van der Waals surface area contributed by atoms with E-state index in [1.54, 1.807) is 37.3 Å². The highest BCUT2D eigenvalue weighted by Gasteiger charge is 2.33. The molecule has 0 unspecified atom stereocenters.